The molecule has 0 amide bonds. The Balaban J connectivity index is 0.00000363. The molecule has 3 rings (SSSR count). The van der Waals surface area contributed by atoms with Crippen molar-refractivity contribution in [1.29, 1.82) is 0 Å². The minimum atomic E-state index is -4.46. The average Bonchev–Trinajstić information content (AvgIpc) is 3.22. The van der Waals surface area contributed by atoms with Crippen LogP contribution in [-0.4, -0.2) is 53.0 Å². The Kier molecular flexibility index (Phi) is 9.29. The Morgan fingerprint density at radius 1 is 1.09 bits per heavy atom. The number of hydrogen-bond donors (Lipinski definition) is 3. The third kappa shape index (κ3) is 6.84. The highest BCUT2D eigenvalue weighted by Crippen LogP contribution is 2.33. The van der Waals surface area contributed by atoms with Crippen molar-refractivity contribution in [2.75, 3.05) is 32.5 Å². The first-order chi connectivity index (χ1) is 14.9. The second-order valence-electron chi connectivity index (χ2n) is 6.76. The molecule has 0 spiro atoms. The number of aliphatic imine (C=N–C) groups is 1. The van der Waals surface area contributed by atoms with Gasteiger partial charge in [0, 0.05) is 33.4 Å². The fourth-order valence-electron chi connectivity index (χ4n) is 3.02. The Morgan fingerprint density at radius 2 is 1.84 bits per heavy atom. The number of alkyl halides is 3. The lowest BCUT2D eigenvalue weighted by atomic mass is 10.2. The quantitative estimate of drug-likeness (QED) is 0.175. The predicted octanol–water partition coefficient (Wildman–Crippen LogP) is 4.23. The van der Waals surface area contributed by atoms with E-state index in [1.165, 1.54) is 12.3 Å². The van der Waals surface area contributed by atoms with Crippen molar-refractivity contribution < 1.29 is 13.2 Å². The molecular formula is C21H25F3IN7. The predicted molar refractivity (Wildman–Crippen MR) is 130 cm³/mol. The molecule has 3 N–H and O–H groups in total. The van der Waals surface area contributed by atoms with Gasteiger partial charge in [0.1, 0.15) is 11.6 Å². The monoisotopic (exact) mass is 559 g/mol. The van der Waals surface area contributed by atoms with Crippen molar-refractivity contribution in [2.45, 2.75) is 12.7 Å². The van der Waals surface area contributed by atoms with Crippen molar-refractivity contribution in [1.82, 2.24) is 25.2 Å². The molecule has 2 aromatic heterocycles. The minimum Gasteiger partial charge on any atom is -0.368 e. The number of aromatic nitrogens is 3. The summed E-state index contributed by atoms with van der Waals surface area (Å²) in [6.07, 6.45) is -1.35. The highest BCUT2D eigenvalue weighted by molar-refractivity contribution is 14.0. The fraction of sp³-hybridized carbons (Fsp3) is 0.286. The maximum atomic E-state index is 13.0. The molecular weight excluding hydrogens is 534 g/mol. The molecule has 0 aliphatic rings. The summed E-state index contributed by atoms with van der Waals surface area (Å²) in [5.74, 6) is 1.17. The van der Waals surface area contributed by atoms with Gasteiger partial charge in [0.25, 0.3) is 0 Å². The second kappa shape index (κ2) is 11.7. The van der Waals surface area contributed by atoms with E-state index in [1.807, 2.05) is 42.3 Å². The van der Waals surface area contributed by atoms with Crippen LogP contribution in [0.15, 0.2) is 59.9 Å². The first-order valence-corrected chi connectivity index (χ1v) is 9.65. The standard InChI is InChI=1S/C21H24F3N7.HI/c1-25-20(28-12-11-27-19-16(21(22,23)24)9-6-10-26-19)31(2)14-18-29-13-17(30-18)15-7-4-3-5-8-15;/h3-10,13H,11-12,14H2,1-2H3,(H,25,28)(H,26,27)(H,29,30);1H. The summed E-state index contributed by atoms with van der Waals surface area (Å²) in [5, 5.41) is 5.84. The highest BCUT2D eigenvalue weighted by Gasteiger charge is 2.33. The number of aromatic amines is 1. The molecule has 7 nitrogen and oxygen atoms in total. The van der Waals surface area contributed by atoms with Crippen LogP contribution in [0.2, 0.25) is 0 Å². The van der Waals surface area contributed by atoms with Crippen LogP contribution in [0.25, 0.3) is 11.3 Å². The summed E-state index contributed by atoms with van der Waals surface area (Å²) < 4.78 is 39.1. The molecule has 32 heavy (non-hydrogen) atoms. The van der Waals surface area contributed by atoms with E-state index in [0.717, 1.165) is 23.1 Å². The van der Waals surface area contributed by atoms with Crippen molar-refractivity contribution in [3.8, 4) is 11.3 Å². The molecule has 0 aliphatic heterocycles. The SMILES string of the molecule is CN=C(NCCNc1ncccc1C(F)(F)F)N(C)Cc1ncc(-c2ccccc2)[nH]1.I. The van der Waals surface area contributed by atoms with Crippen LogP contribution in [0.4, 0.5) is 19.0 Å². The van der Waals surface area contributed by atoms with E-state index in [4.69, 9.17) is 0 Å². The smallest absolute Gasteiger partial charge is 0.368 e. The Labute approximate surface area is 201 Å². The van der Waals surface area contributed by atoms with E-state index in [-0.39, 0.29) is 36.3 Å². The zero-order chi connectivity index (χ0) is 22.3. The number of imidazole rings is 1. The van der Waals surface area contributed by atoms with Gasteiger partial charge in [-0.25, -0.2) is 9.97 Å². The molecule has 0 atom stereocenters. The van der Waals surface area contributed by atoms with Crippen LogP contribution in [0, 0.1) is 0 Å². The van der Waals surface area contributed by atoms with E-state index in [9.17, 15) is 13.2 Å². The molecule has 172 valence electrons. The summed E-state index contributed by atoms with van der Waals surface area (Å²) in [5.41, 5.74) is 1.18. The summed E-state index contributed by atoms with van der Waals surface area (Å²) in [4.78, 5) is 17.6. The summed E-state index contributed by atoms with van der Waals surface area (Å²) >= 11 is 0. The first kappa shape index (κ1) is 25.4. The number of H-pyrrole nitrogens is 1. The van der Waals surface area contributed by atoms with Gasteiger partial charge in [0.2, 0.25) is 0 Å². The lowest BCUT2D eigenvalue weighted by Gasteiger charge is -2.21. The van der Waals surface area contributed by atoms with Gasteiger partial charge >= 0.3 is 6.18 Å². The largest absolute Gasteiger partial charge is 0.419 e. The maximum absolute atomic E-state index is 13.0. The highest BCUT2D eigenvalue weighted by atomic mass is 127. The summed E-state index contributed by atoms with van der Waals surface area (Å²) in [7, 11) is 3.50. The average molecular weight is 559 g/mol. The number of nitrogens with zero attached hydrogens (tertiary/aromatic N) is 4. The van der Waals surface area contributed by atoms with E-state index in [2.05, 4.69) is 30.6 Å². The van der Waals surface area contributed by atoms with Gasteiger partial charge in [-0.2, -0.15) is 13.2 Å². The first-order valence-electron chi connectivity index (χ1n) is 9.65. The van der Waals surface area contributed by atoms with Crippen LogP contribution in [0.1, 0.15) is 11.4 Å². The molecule has 0 aliphatic carbocycles. The van der Waals surface area contributed by atoms with Gasteiger partial charge in [0.05, 0.1) is 24.0 Å². The van der Waals surface area contributed by atoms with Gasteiger partial charge < -0.3 is 20.5 Å². The lowest BCUT2D eigenvalue weighted by molar-refractivity contribution is -0.137. The zero-order valence-corrected chi connectivity index (χ0v) is 20.0. The Morgan fingerprint density at radius 3 is 2.53 bits per heavy atom. The van der Waals surface area contributed by atoms with Gasteiger partial charge in [-0.3, -0.25) is 4.99 Å². The Bertz CT molecular complexity index is 1010. The molecule has 0 saturated heterocycles. The molecule has 0 bridgehead atoms. The van der Waals surface area contributed by atoms with Crippen LogP contribution in [0.5, 0.6) is 0 Å². The molecule has 0 saturated carbocycles. The Hall–Kier alpha value is -2.83. The molecule has 3 aromatic rings. The molecule has 0 fully saturated rings. The number of nitrogens with one attached hydrogen (secondary N) is 3. The normalized spacial score (nSPS) is 11.6. The number of halogens is 4. The van der Waals surface area contributed by atoms with Crippen LogP contribution >= 0.6 is 24.0 Å². The number of anilines is 1. The molecule has 11 heteroatoms. The maximum Gasteiger partial charge on any atom is 0.419 e. The lowest BCUT2D eigenvalue weighted by Crippen LogP contribution is -2.40. The fourth-order valence-corrected chi connectivity index (χ4v) is 3.02. The van der Waals surface area contributed by atoms with Crippen molar-refractivity contribution >= 4 is 35.8 Å². The number of guanidine groups is 1. The van der Waals surface area contributed by atoms with Crippen molar-refractivity contribution in [2.24, 2.45) is 4.99 Å². The number of pyridine rings is 1. The van der Waals surface area contributed by atoms with Crippen molar-refractivity contribution in [3.05, 3.63) is 66.2 Å². The van der Waals surface area contributed by atoms with E-state index in [0.29, 0.717) is 19.0 Å². The van der Waals surface area contributed by atoms with Crippen molar-refractivity contribution in [3.63, 3.8) is 0 Å². The summed E-state index contributed by atoms with van der Waals surface area (Å²) in [6.45, 7) is 1.09. The van der Waals surface area contributed by atoms with E-state index >= 15 is 0 Å². The van der Waals surface area contributed by atoms with Crippen LogP contribution in [-0.2, 0) is 12.7 Å². The molecule has 0 radical (unpaired) electrons. The minimum absolute atomic E-state index is 0. The van der Waals surface area contributed by atoms with Gasteiger partial charge in [-0.1, -0.05) is 30.3 Å². The second-order valence-corrected chi connectivity index (χ2v) is 6.76. The van der Waals surface area contributed by atoms with Gasteiger partial charge in [-0.15, -0.1) is 24.0 Å². The van der Waals surface area contributed by atoms with Crippen LogP contribution in [0.3, 0.4) is 0 Å². The molecule has 1 aromatic carbocycles. The molecule has 2 heterocycles. The molecule has 0 unspecified atom stereocenters. The van der Waals surface area contributed by atoms with Crippen LogP contribution < -0.4 is 10.6 Å². The number of rotatable bonds is 7. The third-order valence-corrected chi connectivity index (χ3v) is 4.49. The van der Waals surface area contributed by atoms with Gasteiger partial charge in [-0.05, 0) is 17.7 Å². The van der Waals surface area contributed by atoms with Gasteiger partial charge in [0.15, 0.2) is 5.96 Å². The zero-order valence-electron chi connectivity index (χ0n) is 17.6. The third-order valence-electron chi connectivity index (χ3n) is 4.49. The summed E-state index contributed by atoms with van der Waals surface area (Å²) in [6, 6.07) is 12.1. The number of hydrogen-bond acceptors (Lipinski definition) is 4. The number of benzene rings is 1. The topological polar surface area (TPSA) is 81.2 Å². The van der Waals surface area contributed by atoms with E-state index < -0.39 is 11.7 Å². The van der Waals surface area contributed by atoms with E-state index in [1.54, 1.807) is 13.2 Å².